The molecule has 0 aliphatic carbocycles. The van der Waals surface area contributed by atoms with E-state index < -0.39 is 0 Å². The molecule has 14 aromatic rings. The van der Waals surface area contributed by atoms with E-state index in [9.17, 15) is 0 Å². The fraction of sp³-hybridized carbons (Fsp3) is 0. The van der Waals surface area contributed by atoms with Gasteiger partial charge in [0, 0.05) is 27.1 Å². The van der Waals surface area contributed by atoms with Crippen LogP contribution in [-0.2, 0) is 0 Å². The lowest BCUT2D eigenvalue weighted by molar-refractivity contribution is 0.670. The lowest BCUT2D eigenvalue weighted by atomic mass is 9.96. The van der Waals surface area contributed by atoms with Crippen LogP contribution in [0.25, 0.3) is 143 Å². The molecule has 0 radical (unpaired) electrons. The predicted octanol–water partition coefficient (Wildman–Crippen LogP) is 15.6. The molecule has 5 nitrogen and oxygen atoms in total. The van der Waals surface area contributed by atoms with Crippen LogP contribution in [0, 0.1) is 0 Å². The summed E-state index contributed by atoms with van der Waals surface area (Å²) in [6, 6.07) is 66.1. The zero-order valence-electron chi connectivity index (χ0n) is 33.1. The molecular weight excluding hydrogens is 759 g/mol. The minimum Gasteiger partial charge on any atom is -0.455 e. The number of furan rings is 2. The molecule has 3 aromatic heterocycles. The first kappa shape index (κ1) is 33.4. The van der Waals surface area contributed by atoms with Crippen LogP contribution in [0.3, 0.4) is 0 Å². The largest absolute Gasteiger partial charge is 0.455 e. The lowest BCUT2D eigenvalue weighted by Gasteiger charge is -2.13. The molecule has 3 heterocycles. The Balaban J connectivity index is 1.15. The van der Waals surface area contributed by atoms with Gasteiger partial charge in [-0.05, 0) is 95.0 Å². The highest BCUT2D eigenvalue weighted by Crippen LogP contribution is 2.46. The van der Waals surface area contributed by atoms with Crippen LogP contribution < -0.4 is 0 Å². The first-order valence-electron chi connectivity index (χ1n) is 20.9. The number of fused-ring (bicyclic) bond motifs is 17. The molecule has 0 fully saturated rings. The predicted molar refractivity (Wildman–Crippen MR) is 256 cm³/mol. The van der Waals surface area contributed by atoms with Crippen molar-refractivity contribution >= 4 is 109 Å². The van der Waals surface area contributed by atoms with Gasteiger partial charge in [0.1, 0.15) is 22.3 Å². The zero-order chi connectivity index (χ0) is 40.5. The summed E-state index contributed by atoms with van der Waals surface area (Å²) in [7, 11) is 0. The van der Waals surface area contributed by atoms with E-state index in [1.165, 1.54) is 5.39 Å². The first-order chi connectivity index (χ1) is 30.7. The second-order valence-corrected chi connectivity index (χ2v) is 16.2. The molecule has 286 valence electrons. The van der Waals surface area contributed by atoms with Crippen molar-refractivity contribution in [1.82, 2.24) is 15.0 Å². The molecule has 0 unspecified atom stereocenters. The van der Waals surface area contributed by atoms with Crippen molar-refractivity contribution < 1.29 is 8.83 Å². The molecule has 5 heteroatoms. The fourth-order valence-electron chi connectivity index (χ4n) is 10.1. The maximum absolute atomic E-state index is 6.96. The summed E-state index contributed by atoms with van der Waals surface area (Å²) in [6.07, 6.45) is 0. The quantitative estimate of drug-likeness (QED) is 0.167. The van der Waals surface area contributed by atoms with Crippen molar-refractivity contribution in [1.29, 1.82) is 0 Å². The standard InChI is InChI=1S/C57H31N3O2/c1-7-19-38-32(13-1)25-27-47-49(38)51-40-21-9-4-16-35(40)30-45(53(51)61-47)56-58-55(44-29-34-15-3-6-18-37(34)42-23-11-12-24-43(42)44)59-57(60-56)46-31-36-17-5-10-22-41(36)52-50-39-20-8-2-14-33(39)26-28-48(50)62-54(46)52/h1-31H. The van der Waals surface area contributed by atoms with Crippen molar-refractivity contribution in [2.24, 2.45) is 0 Å². The van der Waals surface area contributed by atoms with Crippen molar-refractivity contribution in [3.63, 3.8) is 0 Å². The van der Waals surface area contributed by atoms with Crippen LogP contribution in [0.4, 0.5) is 0 Å². The van der Waals surface area contributed by atoms with E-state index in [-0.39, 0.29) is 0 Å². The lowest BCUT2D eigenvalue weighted by Crippen LogP contribution is -2.01. The topological polar surface area (TPSA) is 65.0 Å². The van der Waals surface area contributed by atoms with Gasteiger partial charge < -0.3 is 8.83 Å². The molecular formula is C57H31N3O2. The van der Waals surface area contributed by atoms with Crippen molar-refractivity contribution in [2.75, 3.05) is 0 Å². The van der Waals surface area contributed by atoms with E-state index in [2.05, 4.69) is 188 Å². The van der Waals surface area contributed by atoms with Crippen LogP contribution >= 0.6 is 0 Å². The fourth-order valence-corrected chi connectivity index (χ4v) is 10.1. The molecule has 14 rings (SSSR count). The monoisotopic (exact) mass is 789 g/mol. The van der Waals surface area contributed by atoms with Crippen molar-refractivity contribution in [2.45, 2.75) is 0 Å². The smallest absolute Gasteiger partial charge is 0.167 e. The Labute approximate surface area is 353 Å². The average Bonchev–Trinajstić information content (AvgIpc) is 3.94. The van der Waals surface area contributed by atoms with E-state index >= 15 is 0 Å². The van der Waals surface area contributed by atoms with Gasteiger partial charge in [0.2, 0.25) is 0 Å². The Morgan fingerprint density at radius 3 is 1.08 bits per heavy atom. The molecule has 0 saturated heterocycles. The van der Waals surface area contributed by atoms with E-state index in [0.717, 1.165) is 120 Å². The Bertz CT molecular complexity index is 4020. The van der Waals surface area contributed by atoms with E-state index in [0.29, 0.717) is 17.5 Å². The highest BCUT2D eigenvalue weighted by molar-refractivity contribution is 6.30. The highest BCUT2D eigenvalue weighted by Gasteiger charge is 2.25. The van der Waals surface area contributed by atoms with Gasteiger partial charge in [0.05, 0.1) is 11.1 Å². The summed E-state index contributed by atoms with van der Waals surface area (Å²) in [6.45, 7) is 0. The molecule has 62 heavy (non-hydrogen) atoms. The Hall–Kier alpha value is -8.41. The normalized spacial score (nSPS) is 12.2. The molecule has 0 saturated carbocycles. The summed E-state index contributed by atoms with van der Waals surface area (Å²) in [5, 5.41) is 17.7. The summed E-state index contributed by atoms with van der Waals surface area (Å²) >= 11 is 0. The molecule has 0 amide bonds. The maximum Gasteiger partial charge on any atom is 0.167 e. The second kappa shape index (κ2) is 12.6. The highest BCUT2D eigenvalue weighted by atomic mass is 16.3. The third kappa shape index (κ3) is 4.70. The SMILES string of the molecule is c1ccc2c(c1)cc(-c1nc(-c3cc4ccccc4c4c3oc3ccc5ccccc5c34)nc(-c3cc4ccccc4c4c3oc3ccc5ccccc5c34)n1)c1ccccc12. The van der Waals surface area contributed by atoms with Gasteiger partial charge in [-0.2, -0.15) is 0 Å². The number of rotatable bonds is 3. The minimum absolute atomic E-state index is 0.518. The van der Waals surface area contributed by atoms with Crippen LogP contribution in [0.15, 0.2) is 197 Å². The molecule has 0 N–H and O–H groups in total. The minimum atomic E-state index is 0.518. The van der Waals surface area contributed by atoms with Gasteiger partial charge in [-0.25, -0.2) is 15.0 Å². The summed E-state index contributed by atoms with van der Waals surface area (Å²) in [5.74, 6) is 1.60. The number of hydrogen-bond acceptors (Lipinski definition) is 5. The molecule has 11 aromatic carbocycles. The van der Waals surface area contributed by atoms with Gasteiger partial charge in [0.15, 0.2) is 17.5 Å². The Morgan fingerprint density at radius 2 is 0.597 bits per heavy atom. The third-order valence-electron chi connectivity index (χ3n) is 12.8. The van der Waals surface area contributed by atoms with Gasteiger partial charge in [-0.1, -0.05) is 158 Å². The molecule has 0 spiro atoms. The van der Waals surface area contributed by atoms with Crippen LogP contribution in [-0.4, -0.2) is 15.0 Å². The van der Waals surface area contributed by atoms with Gasteiger partial charge in [-0.15, -0.1) is 0 Å². The Kier molecular flexibility index (Phi) is 6.77. The first-order valence-corrected chi connectivity index (χ1v) is 20.9. The van der Waals surface area contributed by atoms with Gasteiger partial charge in [0.25, 0.3) is 0 Å². The Morgan fingerprint density at radius 1 is 0.258 bits per heavy atom. The van der Waals surface area contributed by atoms with Crippen LogP contribution in [0.2, 0.25) is 0 Å². The van der Waals surface area contributed by atoms with E-state index in [1.807, 2.05) is 0 Å². The van der Waals surface area contributed by atoms with Gasteiger partial charge in [-0.3, -0.25) is 0 Å². The summed E-state index contributed by atoms with van der Waals surface area (Å²) in [4.78, 5) is 16.4. The molecule has 0 atom stereocenters. The number of hydrogen-bond donors (Lipinski definition) is 0. The van der Waals surface area contributed by atoms with E-state index in [1.54, 1.807) is 0 Å². The average molecular weight is 790 g/mol. The second-order valence-electron chi connectivity index (χ2n) is 16.2. The van der Waals surface area contributed by atoms with Crippen LogP contribution in [0.1, 0.15) is 0 Å². The van der Waals surface area contributed by atoms with E-state index in [4.69, 9.17) is 23.8 Å². The van der Waals surface area contributed by atoms with Crippen molar-refractivity contribution in [3.8, 4) is 34.2 Å². The number of aromatic nitrogens is 3. The van der Waals surface area contributed by atoms with Crippen LogP contribution in [0.5, 0.6) is 0 Å². The molecule has 0 aliphatic heterocycles. The third-order valence-corrected chi connectivity index (χ3v) is 12.8. The molecule has 0 aliphatic rings. The summed E-state index contributed by atoms with van der Waals surface area (Å²) < 4.78 is 13.9. The zero-order valence-corrected chi connectivity index (χ0v) is 33.1. The van der Waals surface area contributed by atoms with Crippen molar-refractivity contribution in [3.05, 3.63) is 188 Å². The molecule has 0 bridgehead atoms. The summed E-state index contributed by atoms with van der Waals surface area (Å²) in [5.41, 5.74) is 5.61. The maximum atomic E-state index is 6.96. The number of benzene rings is 11. The number of nitrogens with zero attached hydrogens (tertiary/aromatic N) is 3. The van der Waals surface area contributed by atoms with Gasteiger partial charge >= 0.3 is 0 Å².